The maximum atomic E-state index is 13.1. The van der Waals surface area contributed by atoms with Gasteiger partial charge in [0.05, 0.1) is 18.2 Å². The number of hydrogen-bond donors (Lipinski definition) is 0. The van der Waals surface area contributed by atoms with Gasteiger partial charge in [-0.1, -0.05) is 28.9 Å². The molecule has 9 heteroatoms. The number of hydrogen-bond acceptors (Lipinski definition) is 5. The third-order valence-corrected chi connectivity index (χ3v) is 4.76. The standard InChI is InChI=1S/C24H27ClF3NO4/c1-5-6-10-31-19-13-16(2)22(17(3)14-19)33-12-7-11-32-21-9-8-18(15-20(21)25)23(29-30-4)24(26,27)28/h5-6,8-9,13-15H,7,10-12H2,1-4H3/b6-5+,29-23-. The number of oxime groups is 1. The van der Waals surface area contributed by atoms with Gasteiger partial charge in [0.1, 0.15) is 31.0 Å². The largest absolute Gasteiger partial charge is 0.493 e. The average Bonchev–Trinajstić information content (AvgIpc) is 2.73. The van der Waals surface area contributed by atoms with Crippen LogP contribution < -0.4 is 14.2 Å². The van der Waals surface area contributed by atoms with Crippen molar-refractivity contribution in [2.45, 2.75) is 33.4 Å². The quantitative estimate of drug-likeness (QED) is 0.154. The van der Waals surface area contributed by atoms with Crippen LogP contribution in [0.5, 0.6) is 17.2 Å². The fourth-order valence-electron chi connectivity index (χ4n) is 3.00. The lowest BCUT2D eigenvalue weighted by Gasteiger charge is -2.15. The van der Waals surface area contributed by atoms with Gasteiger partial charge in [-0.3, -0.25) is 0 Å². The molecule has 2 aromatic carbocycles. The zero-order valence-corrected chi connectivity index (χ0v) is 19.7. The molecule has 0 aliphatic rings. The second-order valence-electron chi connectivity index (χ2n) is 7.08. The highest BCUT2D eigenvalue weighted by Gasteiger charge is 2.38. The van der Waals surface area contributed by atoms with Crippen LogP contribution in [0.25, 0.3) is 0 Å². The summed E-state index contributed by atoms with van der Waals surface area (Å²) in [6.45, 7) is 7.02. The van der Waals surface area contributed by atoms with Crippen LogP contribution in [-0.4, -0.2) is 38.8 Å². The van der Waals surface area contributed by atoms with Crippen molar-refractivity contribution in [1.82, 2.24) is 0 Å². The van der Waals surface area contributed by atoms with Crippen molar-refractivity contribution in [2.24, 2.45) is 5.16 Å². The summed E-state index contributed by atoms with van der Waals surface area (Å²) >= 11 is 6.10. The van der Waals surface area contributed by atoms with Crippen LogP contribution in [0.2, 0.25) is 5.02 Å². The van der Waals surface area contributed by atoms with Crippen LogP contribution in [0.1, 0.15) is 30.0 Å². The van der Waals surface area contributed by atoms with Gasteiger partial charge in [-0.05, 0) is 62.2 Å². The van der Waals surface area contributed by atoms with Gasteiger partial charge in [-0.25, -0.2) is 0 Å². The summed E-state index contributed by atoms with van der Waals surface area (Å²) in [5.41, 5.74) is 0.538. The Morgan fingerprint density at radius 2 is 1.70 bits per heavy atom. The van der Waals surface area contributed by atoms with Crippen LogP contribution in [-0.2, 0) is 4.84 Å². The second kappa shape index (κ2) is 12.4. The van der Waals surface area contributed by atoms with Gasteiger partial charge in [0.2, 0.25) is 0 Å². The van der Waals surface area contributed by atoms with E-state index >= 15 is 0 Å². The molecule has 0 N–H and O–H groups in total. The highest BCUT2D eigenvalue weighted by atomic mass is 35.5. The van der Waals surface area contributed by atoms with Gasteiger partial charge in [-0.15, -0.1) is 0 Å². The Balaban J connectivity index is 1.90. The molecule has 0 spiro atoms. The summed E-state index contributed by atoms with van der Waals surface area (Å²) in [5, 5.41) is 3.10. The number of alkyl halides is 3. The third kappa shape index (κ3) is 7.89. The van der Waals surface area contributed by atoms with Gasteiger partial charge in [0, 0.05) is 12.0 Å². The zero-order valence-electron chi connectivity index (χ0n) is 19.0. The zero-order chi connectivity index (χ0) is 24.4. The molecular formula is C24H27ClF3NO4. The van der Waals surface area contributed by atoms with E-state index in [9.17, 15) is 13.2 Å². The normalized spacial score (nSPS) is 12.2. The maximum Gasteiger partial charge on any atom is 0.437 e. The first-order valence-electron chi connectivity index (χ1n) is 10.3. The number of nitrogens with zero attached hydrogens (tertiary/aromatic N) is 1. The summed E-state index contributed by atoms with van der Waals surface area (Å²) in [6, 6.07) is 7.59. The Kier molecular flexibility index (Phi) is 9.91. The monoisotopic (exact) mass is 485 g/mol. The molecule has 0 atom stereocenters. The molecule has 33 heavy (non-hydrogen) atoms. The minimum atomic E-state index is -4.67. The molecule has 0 aliphatic carbocycles. The molecular weight excluding hydrogens is 459 g/mol. The Bertz CT molecular complexity index is 967. The molecule has 0 fully saturated rings. The molecule has 2 rings (SSSR count). The first kappa shape index (κ1) is 26.4. The van der Waals surface area contributed by atoms with Crippen molar-refractivity contribution in [2.75, 3.05) is 26.9 Å². The van der Waals surface area contributed by atoms with Gasteiger partial charge in [0.15, 0.2) is 5.71 Å². The van der Waals surface area contributed by atoms with Gasteiger partial charge < -0.3 is 19.0 Å². The predicted octanol–water partition coefficient (Wildman–Crippen LogP) is 6.67. The van der Waals surface area contributed by atoms with Crippen molar-refractivity contribution < 1.29 is 32.2 Å². The van der Waals surface area contributed by atoms with Crippen molar-refractivity contribution in [3.05, 3.63) is 64.2 Å². The van der Waals surface area contributed by atoms with E-state index in [2.05, 4.69) is 9.99 Å². The van der Waals surface area contributed by atoms with Crippen LogP contribution >= 0.6 is 11.6 Å². The fraction of sp³-hybridized carbons (Fsp3) is 0.375. The number of benzene rings is 2. The molecule has 0 unspecified atom stereocenters. The van der Waals surface area contributed by atoms with E-state index in [1.165, 1.54) is 12.1 Å². The third-order valence-electron chi connectivity index (χ3n) is 4.46. The summed E-state index contributed by atoms with van der Waals surface area (Å²) in [4.78, 5) is 4.30. The van der Waals surface area contributed by atoms with Crippen molar-refractivity contribution in [3.8, 4) is 17.2 Å². The molecule has 0 radical (unpaired) electrons. The number of aryl methyl sites for hydroxylation is 2. The van der Waals surface area contributed by atoms with E-state index in [-0.39, 0.29) is 22.9 Å². The Labute approximate surface area is 196 Å². The molecule has 0 aromatic heterocycles. The Morgan fingerprint density at radius 3 is 2.27 bits per heavy atom. The number of rotatable bonds is 11. The fourth-order valence-corrected chi connectivity index (χ4v) is 3.24. The van der Waals surface area contributed by atoms with E-state index in [1.54, 1.807) is 0 Å². The molecule has 0 bridgehead atoms. The first-order valence-corrected chi connectivity index (χ1v) is 10.6. The van der Waals surface area contributed by atoms with E-state index in [1.807, 2.05) is 45.1 Å². The number of ether oxygens (including phenoxy) is 3. The summed E-state index contributed by atoms with van der Waals surface area (Å²) < 4.78 is 56.4. The first-order chi connectivity index (χ1) is 15.7. The topological polar surface area (TPSA) is 49.3 Å². The van der Waals surface area contributed by atoms with Crippen LogP contribution in [0.4, 0.5) is 13.2 Å². The molecule has 180 valence electrons. The minimum Gasteiger partial charge on any atom is -0.493 e. The van der Waals surface area contributed by atoms with Gasteiger partial charge >= 0.3 is 6.18 Å². The molecule has 0 amide bonds. The van der Waals surface area contributed by atoms with E-state index < -0.39 is 11.9 Å². The van der Waals surface area contributed by atoms with Gasteiger partial charge in [0.25, 0.3) is 0 Å². The highest BCUT2D eigenvalue weighted by Crippen LogP contribution is 2.31. The number of halogens is 4. The second-order valence-corrected chi connectivity index (χ2v) is 7.49. The highest BCUT2D eigenvalue weighted by molar-refractivity contribution is 6.32. The molecule has 0 saturated heterocycles. The van der Waals surface area contributed by atoms with Crippen LogP contribution in [0, 0.1) is 13.8 Å². The molecule has 0 aliphatic heterocycles. The minimum absolute atomic E-state index is 0.0432. The summed E-state index contributed by atoms with van der Waals surface area (Å²) in [7, 11) is 1.04. The van der Waals surface area contributed by atoms with E-state index in [0.29, 0.717) is 19.6 Å². The number of allylic oxidation sites excluding steroid dienone is 1. The van der Waals surface area contributed by atoms with Crippen molar-refractivity contribution in [1.29, 1.82) is 0 Å². The molecule has 0 saturated carbocycles. The SMILES string of the molecule is C/C=C/COc1cc(C)c(OCCCOc2ccc(/C(=N/OC)C(F)(F)F)cc2Cl)c(C)c1. The lowest BCUT2D eigenvalue weighted by molar-refractivity contribution is -0.0608. The molecule has 5 nitrogen and oxygen atoms in total. The van der Waals surface area contributed by atoms with Crippen molar-refractivity contribution in [3.63, 3.8) is 0 Å². The smallest absolute Gasteiger partial charge is 0.437 e. The molecule has 0 heterocycles. The van der Waals surface area contributed by atoms with Crippen LogP contribution in [0.15, 0.2) is 47.6 Å². The van der Waals surface area contributed by atoms with E-state index in [0.717, 1.165) is 35.8 Å². The lowest BCUT2D eigenvalue weighted by atomic mass is 10.1. The van der Waals surface area contributed by atoms with Gasteiger partial charge in [-0.2, -0.15) is 13.2 Å². The van der Waals surface area contributed by atoms with Crippen LogP contribution in [0.3, 0.4) is 0 Å². The van der Waals surface area contributed by atoms with E-state index in [4.69, 9.17) is 25.8 Å². The molecule has 2 aromatic rings. The Morgan fingerprint density at radius 1 is 1.03 bits per heavy atom. The lowest BCUT2D eigenvalue weighted by Crippen LogP contribution is -2.24. The summed E-state index contributed by atoms with van der Waals surface area (Å²) in [6.07, 6.45) is -0.269. The maximum absolute atomic E-state index is 13.1. The average molecular weight is 486 g/mol. The van der Waals surface area contributed by atoms with Crippen molar-refractivity contribution >= 4 is 17.3 Å². The summed E-state index contributed by atoms with van der Waals surface area (Å²) in [5.74, 6) is 1.84. The Hall–Kier alpha value is -2.87. The predicted molar refractivity (Wildman–Crippen MR) is 123 cm³/mol.